The molecule has 0 atom stereocenters. The summed E-state index contributed by atoms with van der Waals surface area (Å²) in [5.74, 6) is -0.823. The smallest absolute Gasteiger partial charge is 0.307 e. The third-order valence-electron chi connectivity index (χ3n) is 1.07. The van der Waals surface area contributed by atoms with Gasteiger partial charge in [0.05, 0.1) is 6.42 Å². The quantitative estimate of drug-likeness (QED) is 0.709. The van der Waals surface area contributed by atoms with Gasteiger partial charge >= 0.3 is 5.97 Å². The van der Waals surface area contributed by atoms with Gasteiger partial charge < -0.3 is 5.11 Å². The van der Waals surface area contributed by atoms with Gasteiger partial charge in [-0.05, 0) is 12.5 Å². The van der Waals surface area contributed by atoms with Crippen molar-refractivity contribution in [3.05, 3.63) is 36.5 Å². The second-order valence-corrected chi connectivity index (χ2v) is 2.05. The molecule has 0 aromatic rings. The molecule has 2 heteroatoms. The maximum Gasteiger partial charge on any atom is 0.307 e. The van der Waals surface area contributed by atoms with Crippen LogP contribution in [0.25, 0.3) is 0 Å². The fraction of sp³-hybridized carbons (Fsp3) is 0.462. The molecule has 0 fully saturated rings. The van der Waals surface area contributed by atoms with Crippen LogP contribution in [0.4, 0.5) is 0 Å². The minimum atomic E-state index is -0.823. The van der Waals surface area contributed by atoms with E-state index in [9.17, 15) is 4.79 Å². The van der Waals surface area contributed by atoms with Crippen LogP contribution in [0.2, 0.25) is 0 Å². The molecular weight excluding hydrogens is 188 g/mol. The predicted molar refractivity (Wildman–Crippen MR) is 68.0 cm³/mol. The van der Waals surface area contributed by atoms with Crippen molar-refractivity contribution < 1.29 is 9.90 Å². The molecule has 0 saturated carbocycles. The fourth-order valence-electron chi connectivity index (χ4n) is 0.713. The molecule has 0 aliphatic carbocycles. The summed E-state index contributed by atoms with van der Waals surface area (Å²) >= 11 is 0. The molecule has 1 N–H and O–H groups in total. The van der Waals surface area contributed by atoms with Crippen molar-refractivity contribution in [1.82, 2.24) is 0 Å². The molecule has 0 radical (unpaired) electrons. The van der Waals surface area contributed by atoms with E-state index in [-0.39, 0.29) is 6.42 Å². The lowest BCUT2D eigenvalue weighted by atomic mass is 10.1. The largest absolute Gasteiger partial charge is 0.481 e. The number of hydrogen-bond donors (Lipinski definition) is 1. The first-order valence-corrected chi connectivity index (χ1v) is 5.36. The summed E-state index contributed by atoms with van der Waals surface area (Å²) in [4.78, 5) is 10.3. The van der Waals surface area contributed by atoms with Crippen molar-refractivity contribution in [2.45, 2.75) is 41.0 Å². The van der Waals surface area contributed by atoms with E-state index in [0.717, 1.165) is 5.57 Å². The molecule has 0 aromatic heterocycles. The molecule has 15 heavy (non-hydrogen) atoms. The van der Waals surface area contributed by atoms with Gasteiger partial charge in [-0.15, -0.1) is 0 Å². The summed E-state index contributed by atoms with van der Waals surface area (Å²) in [6, 6.07) is 0. The number of carboxylic acids is 1. The van der Waals surface area contributed by atoms with Gasteiger partial charge in [0.2, 0.25) is 0 Å². The van der Waals surface area contributed by atoms with Gasteiger partial charge in [-0.25, -0.2) is 0 Å². The van der Waals surface area contributed by atoms with Crippen LogP contribution in [0.1, 0.15) is 41.0 Å². The van der Waals surface area contributed by atoms with Gasteiger partial charge in [0.15, 0.2) is 0 Å². The number of allylic oxidation sites excluding steroid dienone is 4. The summed E-state index contributed by atoms with van der Waals surface area (Å²) in [7, 11) is 0. The molecule has 0 aliphatic rings. The Bertz CT molecular complexity index is 201. The zero-order valence-electron chi connectivity index (χ0n) is 10.6. The van der Waals surface area contributed by atoms with Crippen LogP contribution < -0.4 is 0 Å². The minimum Gasteiger partial charge on any atom is -0.481 e. The number of hydrogen-bond acceptors (Lipinski definition) is 1. The third-order valence-corrected chi connectivity index (χ3v) is 1.07. The van der Waals surface area contributed by atoms with Gasteiger partial charge in [-0.2, -0.15) is 0 Å². The Hall–Kier alpha value is -1.31. The average molecular weight is 212 g/mol. The zero-order valence-corrected chi connectivity index (χ0v) is 10.6. The number of carbonyl (C=O) groups is 1. The van der Waals surface area contributed by atoms with Crippen molar-refractivity contribution in [1.29, 1.82) is 0 Å². The lowest BCUT2D eigenvalue weighted by Crippen LogP contribution is -1.94. The Kier molecular flexibility index (Phi) is 23.8. The lowest BCUT2D eigenvalue weighted by Gasteiger charge is -1.93. The highest BCUT2D eigenvalue weighted by atomic mass is 16.4. The Morgan fingerprint density at radius 3 is 2.00 bits per heavy atom. The summed E-state index contributed by atoms with van der Waals surface area (Å²) in [6.07, 6.45) is 6.89. The first-order valence-electron chi connectivity index (χ1n) is 5.36. The van der Waals surface area contributed by atoms with E-state index in [1.54, 1.807) is 24.3 Å². The highest BCUT2D eigenvalue weighted by molar-refractivity contribution is 5.71. The van der Waals surface area contributed by atoms with Gasteiger partial charge in [-0.1, -0.05) is 58.6 Å². The first-order chi connectivity index (χ1) is 7.20. The Morgan fingerprint density at radius 2 is 1.73 bits per heavy atom. The standard InChI is InChI=1S/C9H12O2.2C2H6/c1-3-5-8(6-4-2)7-9(10)11;2*1-2/h3-6H,1,7H2,2H3,(H,10,11);2*1-2H3/b6-4-,8-5+;;. The summed E-state index contributed by atoms with van der Waals surface area (Å²) in [5, 5.41) is 8.43. The Balaban J connectivity index is -0.000000318. The monoisotopic (exact) mass is 212 g/mol. The van der Waals surface area contributed by atoms with E-state index >= 15 is 0 Å². The van der Waals surface area contributed by atoms with Crippen molar-refractivity contribution in [2.75, 3.05) is 0 Å². The van der Waals surface area contributed by atoms with E-state index < -0.39 is 5.97 Å². The summed E-state index contributed by atoms with van der Waals surface area (Å²) in [6.45, 7) is 13.3. The van der Waals surface area contributed by atoms with Crippen LogP contribution in [-0.2, 0) is 4.79 Å². The van der Waals surface area contributed by atoms with Crippen LogP contribution in [0.15, 0.2) is 36.5 Å². The first kappa shape index (κ1) is 19.3. The third kappa shape index (κ3) is 19.2. The van der Waals surface area contributed by atoms with Crippen LogP contribution in [0.3, 0.4) is 0 Å². The predicted octanol–water partition coefficient (Wildman–Crippen LogP) is 4.20. The van der Waals surface area contributed by atoms with E-state index in [1.165, 1.54) is 0 Å². The molecule has 2 nitrogen and oxygen atoms in total. The highest BCUT2D eigenvalue weighted by Gasteiger charge is 1.97. The van der Waals surface area contributed by atoms with Crippen LogP contribution in [0, 0.1) is 0 Å². The van der Waals surface area contributed by atoms with Gasteiger partial charge in [0, 0.05) is 0 Å². The van der Waals surface area contributed by atoms with Crippen LogP contribution >= 0.6 is 0 Å². The van der Waals surface area contributed by atoms with E-state index in [0.29, 0.717) is 0 Å². The number of rotatable bonds is 4. The molecule has 0 aromatic carbocycles. The molecule has 0 rings (SSSR count). The van der Waals surface area contributed by atoms with Crippen molar-refractivity contribution in [3.63, 3.8) is 0 Å². The molecule has 0 unspecified atom stereocenters. The second kappa shape index (κ2) is 18.5. The molecular formula is C13H24O2. The normalized spacial score (nSPS) is 9.53. The summed E-state index contributed by atoms with van der Waals surface area (Å²) < 4.78 is 0. The molecule has 0 bridgehead atoms. The van der Waals surface area contributed by atoms with Crippen LogP contribution in [-0.4, -0.2) is 11.1 Å². The van der Waals surface area contributed by atoms with E-state index in [4.69, 9.17) is 5.11 Å². The second-order valence-electron chi connectivity index (χ2n) is 2.05. The molecule has 0 saturated heterocycles. The van der Waals surface area contributed by atoms with Crippen molar-refractivity contribution in [3.8, 4) is 0 Å². The van der Waals surface area contributed by atoms with Crippen LogP contribution in [0.5, 0.6) is 0 Å². The molecule has 0 aliphatic heterocycles. The van der Waals surface area contributed by atoms with Gasteiger partial charge in [0.1, 0.15) is 0 Å². The number of aliphatic carboxylic acids is 1. The molecule has 88 valence electrons. The zero-order chi connectivity index (χ0) is 12.7. The molecule has 0 heterocycles. The SMILES string of the molecule is C=C/C=C(\C=C/C)CC(=O)O.CC.CC. The average Bonchev–Trinajstić information content (AvgIpc) is 2.24. The topological polar surface area (TPSA) is 37.3 Å². The Morgan fingerprint density at radius 1 is 1.27 bits per heavy atom. The maximum atomic E-state index is 10.3. The minimum absolute atomic E-state index is 0.0519. The van der Waals surface area contributed by atoms with E-state index in [1.807, 2.05) is 34.6 Å². The fourth-order valence-corrected chi connectivity index (χ4v) is 0.713. The van der Waals surface area contributed by atoms with Gasteiger partial charge in [-0.3, -0.25) is 4.79 Å². The molecule has 0 amide bonds. The number of carboxylic acid groups (broad SMARTS) is 1. The van der Waals surface area contributed by atoms with Gasteiger partial charge in [0.25, 0.3) is 0 Å². The van der Waals surface area contributed by atoms with Crippen molar-refractivity contribution in [2.24, 2.45) is 0 Å². The summed E-state index contributed by atoms with van der Waals surface area (Å²) in [5.41, 5.74) is 0.759. The highest BCUT2D eigenvalue weighted by Crippen LogP contribution is 2.03. The van der Waals surface area contributed by atoms with Crippen molar-refractivity contribution >= 4 is 5.97 Å². The molecule has 0 spiro atoms. The lowest BCUT2D eigenvalue weighted by molar-refractivity contribution is -0.136. The van der Waals surface area contributed by atoms with E-state index in [2.05, 4.69) is 6.58 Å². The Labute approximate surface area is 94.0 Å². The maximum absolute atomic E-state index is 10.3.